The quantitative estimate of drug-likeness (QED) is 0.639. The Morgan fingerprint density at radius 1 is 1.16 bits per heavy atom. The number of aliphatic carboxylic acids is 1. The van der Waals surface area contributed by atoms with Crippen LogP contribution >= 0.6 is 11.6 Å². The summed E-state index contributed by atoms with van der Waals surface area (Å²) in [6, 6.07) is 7.43. The third kappa shape index (κ3) is 6.29. The Hall–Kier alpha value is -1.65. The smallest absolute Gasteiger partial charge is 0.303 e. The number of carboxylic acids is 1. The van der Waals surface area contributed by atoms with Crippen LogP contribution in [0.5, 0.6) is 0 Å². The van der Waals surface area contributed by atoms with E-state index in [2.05, 4.69) is 0 Å². The molecule has 0 radical (unpaired) electrons. The summed E-state index contributed by atoms with van der Waals surface area (Å²) >= 11 is 5.87. The first-order valence-electron chi connectivity index (χ1n) is 8.83. The third-order valence-electron chi connectivity index (χ3n) is 4.77. The number of carbonyl (C=O) groups is 2. The van der Waals surface area contributed by atoms with Crippen molar-refractivity contribution in [1.29, 1.82) is 0 Å². The Balaban J connectivity index is 1.86. The monoisotopic (exact) mass is 364 g/mol. The van der Waals surface area contributed by atoms with E-state index < -0.39 is 12.1 Å². The largest absolute Gasteiger partial charge is 0.481 e. The fourth-order valence-corrected chi connectivity index (χ4v) is 3.51. The van der Waals surface area contributed by atoms with Crippen LogP contribution in [0.2, 0.25) is 5.02 Å². The van der Waals surface area contributed by atoms with Crippen LogP contribution < -0.4 is 0 Å². The van der Waals surface area contributed by atoms with Gasteiger partial charge in [0.05, 0.1) is 6.10 Å². The molecule has 0 aromatic heterocycles. The van der Waals surface area contributed by atoms with Gasteiger partial charge in [0.1, 0.15) is 5.78 Å². The molecule has 0 aliphatic heterocycles. The second-order valence-electron chi connectivity index (χ2n) is 6.68. The van der Waals surface area contributed by atoms with Crippen LogP contribution in [0.25, 0.3) is 6.08 Å². The maximum atomic E-state index is 12.2. The molecule has 1 aliphatic rings. The first kappa shape index (κ1) is 19.7. The van der Waals surface area contributed by atoms with Crippen molar-refractivity contribution in [2.45, 2.75) is 51.0 Å². The Kier molecular flexibility index (Phi) is 7.66. The van der Waals surface area contributed by atoms with E-state index in [9.17, 15) is 14.7 Å². The van der Waals surface area contributed by atoms with E-state index >= 15 is 0 Å². The molecule has 2 rings (SSSR count). The average molecular weight is 365 g/mol. The second kappa shape index (κ2) is 9.73. The number of ketones is 1. The van der Waals surface area contributed by atoms with Crippen molar-refractivity contribution < 1.29 is 19.8 Å². The van der Waals surface area contributed by atoms with Crippen molar-refractivity contribution >= 4 is 29.4 Å². The van der Waals surface area contributed by atoms with Crippen molar-refractivity contribution in [2.24, 2.45) is 11.8 Å². The molecule has 1 aliphatic carbocycles. The molecule has 0 saturated heterocycles. The molecule has 0 spiro atoms. The number of aliphatic hydroxyl groups excluding tert-OH is 1. The van der Waals surface area contributed by atoms with Gasteiger partial charge in [-0.1, -0.05) is 55.1 Å². The van der Waals surface area contributed by atoms with E-state index in [1.165, 1.54) is 0 Å². The van der Waals surface area contributed by atoms with Gasteiger partial charge in [-0.2, -0.15) is 0 Å². The van der Waals surface area contributed by atoms with E-state index in [4.69, 9.17) is 16.7 Å². The zero-order valence-corrected chi connectivity index (χ0v) is 15.0. The van der Waals surface area contributed by atoms with E-state index in [0.717, 1.165) is 31.2 Å². The topological polar surface area (TPSA) is 74.6 Å². The van der Waals surface area contributed by atoms with E-state index in [1.807, 2.05) is 36.4 Å². The molecule has 5 heteroatoms. The van der Waals surface area contributed by atoms with Gasteiger partial charge in [0.2, 0.25) is 0 Å². The zero-order valence-electron chi connectivity index (χ0n) is 14.2. The number of rotatable bonds is 9. The molecule has 4 nitrogen and oxygen atoms in total. The van der Waals surface area contributed by atoms with Gasteiger partial charge in [-0.15, -0.1) is 0 Å². The number of carbonyl (C=O) groups excluding carboxylic acids is 1. The van der Waals surface area contributed by atoms with Crippen molar-refractivity contribution in [2.75, 3.05) is 0 Å². The standard InChI is InChI=1S/C20H25ClO4/c21-15-10-7-14(8-11-15)9-12-17-16(18(22)13-19(17)23)5-3-1-2-4-6-20(24)25/h7-12,16-17,19,23H,1-6,13H2,(H,24,25). The Morgan fingerprint density at radius 2 is 1.84 bits per heavy atom. The summed E-state index contributed by atoms with van der Waals surface area (Å²) in [6.07, 6.45) is 7.77. The summed E-state index contributed by atoms with van der Waals surface area (Å²) in [5, 5.41) is 19.5. The minimum absolute atomic E-state index is 0.129. The Labute approximate surface area is 153 Å². The third-order valence-corrected chi connectivity index (χ3v) is 5.02. The summed E-state index contributed by atoms with van der Waals surface area (Å²) in [4.78, 5) is 22.7. The lowest BCUT2D eigenvalue weighted by Gasteiger charge is -2.17. The SMILES string of the molecule is O=C(O)CCCCCCC1C(=O)CC(O)C1C=Cc1ccc(Cl)cc1. The van der Waals surface area contributed by atoms with Crippen molar-refractivity contribution in [3.05, 3.63) is 40.9 Å². The molecule has 2 N–H and O–H groups in total. The fraction of sp³-hybridized carbons (Fsp3) is 0.500. The van der Waals surface area contributed by atoms with Gasteiger partial charge < -0.3 is 10.2 Å². The number of hydrogen-bond acceptors (Lipinski definition) is 3. The number of carboxylic acid groups (broad SMARTS) is 1. The summed E-state index contributed by atoms with van der Waals surface area (Å²) in [5.41, 5.74) is 0.989. The Morgan fingerprint density at radius 3 is 2.52 bits per heavy atom. The summed E-state index contributed by atoms with van der Waals surface area (Å²) in [6.45, 7) is 0. The van der Waals surface area contributed by atoms with Gasteiger partial charge in [0, 0.05) is 29.7 Å². The molecule has 0 bridgehead atoms. The van der Waals surface area contributed by atoms with E-state index in [1.54, 1.807) is 0 Å². The first-order chi connectivity index (χ1) is 12.0. The summed E-state index contributed by atoms with van der Waals surface area (Å²) < 4.78 is 0. The molecule has 136 valence electrons. The molecule has 3 unspecified atom stereocenters. The minimum atomic E-state index is -0.763. The minimum Gasteiger partial charge on any atom is -0.481 e. The molecule has 1 aromatic rings. The highest BCUT2D eigenvalue weighted by molar-refractivity contribution is 6.30. The molecular weight excluding hydrogens is 340 g/mol. The van der Waals surface area contributed by atoms with Crippen molar-refractivity contribution in [3.8, 4) is 0 Å². The number of unbranched alkanes of at least 4 members (excludes halogenated alkanes) is 3. The number of aliphatic hydroxyl groups is 1. The van der Waals surface area contributed by atoms with Gasteiger partial charge in [-0.05, 0) is 30.5 Å². The van der Waals surface area contributed by atoms with E-state index in [-0.39, 0.29) is 30.5 Å². The predicted molar refractivity (Wildman–Crippen MR) is 98.4 cm³/mol. The lowest BCUT2D eigenvalue weighted by atomic mass is 9.88. The average Bonchev–Trinajstić information content (AvgIpc) is 2.83. The first-order valence-corrected chi connectivity index (χ1v) is 9.21. The highest BCUT2D eigenvalue weighted by atomic mass is 35.5. The normalized spacial score (nSPS) is 23.4. The van der Waals surface area contributed by atoms with Crippen molar-refractivity contribution in [3.63, 3.8) is 0 Å². The molecule has 1 fully saturated rings. The summed E-state index contributed by atoms with van der Waals surface area (Å²) in [5.74, 6) is -0.925. The van der Waals surface area contributed by atoms with Gasteiger partial charge in [0.25, 0.3) is 0 Å². The maximum Gasteiger partial charge on any atom is 0.303 e. The van der Waals surface area contributed by atoms with Crippen LogP contribution in [0.4, 0.5) is 0 Å². The lowest BCUT2D eigenvalue weighted by molar-refractivity contribution is -0.137. The molecule has 1 aromatic carbocycles. The van der Waals surface area contributed by atoms with Crippen LogP contribution in [0.3, 0.4) is 0 Å². The molecule has 3 atom stereocenters. The molecule has 25 heavy (non-hydrogen) atoms. The number of hydrogen-bond donors (Lipinski definition) is 2. The van der Waals surface area contributed by atoms with Crippen LogP contribution in [-0.4, -0.2) is 28.1 Å². The second-order valence-corrected chi connectivity index (χ2v) is 7.12. The van der Waals surface area contributed by atoms with E-state index in [0.29, 0.717) is 11.4 Å². The molecule has 0 amide bonds. The van der Waals surface area contributed by atoms with Gasteiger partial charge >= 0.3 is 5.97 Å². The Bertz CT molecular complexity index is 609. The summed E-state index contributed by atoms with van der Waals surface area (Å²) in [7, 11) is 0. The van der Waals surface area contributed by atoms with Gasteiger partial charge in [0.15, 0.2) is 0 Å². The predicted octanol–water partition coefficient (Wildman–Crippen LogP) is 4.34. The number of Topliss-reactive ketones (excluding diaryl/α,β-unsaturated/α-hetero) is 1. The van der Waals surface area contributed by atoms with Gasteiger partial charge in [-0.3, -0.25) is 9.59 Å². The van der Waals surface area contributed by atoms with Crippen LogP contribution in [0, 0.1) is 11.8 Å². The van der Waals surface area contributed by atoms with Crippen molar-refractivity contribution in [1.82, 2.24) is 0 Å². The van der Waals surface area contributed by atoms with Crippen LogP contribution in [0.15, 0.2) is 30.3 Å². The highest BCUT2D eigenvalue weighted by Gasteiger charge is 2.39. The number of halogens is 1. The lowest BCUT2D eigenvalue weighted by Crippen LogP contribution is -2.18. The molecule has 0 heterocycles. The molecule has 1 saturated carbocycles. The molecular formula is C20H25ClO4. The highest BCUT2D eigenvalue weighted by Crippen LogP contribution is 2.34. The zero-order chi connectivity index (χ0) is 18.2. The van der Waals surface area contributed by atoms with Crippen LogP contribution in [0.1, 0.15) is 50.5 Å². The fourth-order valence-electron chi connectivity index (χ4n) is 3.38. The maximum absolute atomic E-state index is 12.2. The number of benzene rings is 1. The van der Waals surface area contributed by atoms with Crippen LogP contribution in [-0.2, 0) is 9.59 Å². The van der Waals surface area contributed by atoms with Gasteiger partial charge in [-0.25, -0.2) is 0 Å².